The summed E-state index contributed by atoms with van der Waals surface area (Å²) in [5.41, 5.74) is 1.37. The van der Waals surface area contributed by atoms with Crippen molar-refractivity contribution in [2.75, 3.05) is 33.4 Å². The van der Waals surface area contributed by atoms with Gasteiger partial charge in [-0.3, -0.25) is 4.79 Å². The Kier molecular flexibility index (Phi) is 6.70. The predicted octanol–water partition coefficient (Wildman–Crippen LogP) is 1.85. The van der Waals surface area contributed by atoms with Crippen molar-refractivity contribution < 1.29 is 9.53 Å². The summed E-state index contributed by atoms with van der Waals surface area (Å²) < 4.78 is 5.38. The van der Waals surface area contributed by atoms with Crippen LogP contribution in [0.15, 0.2) is 30.3 Å². The maximum absolute atomic E-state index is 12.1. The molecule has 1 aromatic rings. The van der Waals surface area contributed by atoms with Gasteiger partial charge in [0.25, 0.3) is 0 Å². The monoisotopic (exact) mass is 290 g/mol. The molecule has 1 amide bonds. The molecule has 116 valence electrons. The van der Waals surface area contributed by atoms with E-state index in [0.717, 1.165) is 39.0 Å². The van der Waals surface area contributed by atoms with Crippen LogP contribution in [0.3, 0.4) is 0 Å². The van der Waals surface area contributed by atoms with E-state index in [9.17, 15) is 4.79 Å². The fourth-order valence-corrected chi connectivity index (χ4v) is 2.56. The number of benzene rings is 1. The maximum atomic E-state index is 12.1. The average molecular weight is 290 g/mol. The lowest BCUT2D eigenvalue weighted by molar-refractivity contribution is -0.131. The fourth-order valence-electron chi connectivity index (χ4n) is 2.56. The second-order valence-electron chi connectivity index (χ2n) is 5.69. The highest BCUT2D eigenvalue weighted by Crippen LogP contribution is 2.06. The lowest BCUT2D eigenvalue weighted by Crippen LogP contribution is -2.44. The van der Waals surface area contributed by atoms with Crippen molar-refractivity contribution in [3.05, 3.63) is 35.9 Å². The standard InChI is InChI=1S/C17H26N2O2/c1-19(17(20)13-16-14-21-12-10-18-16)11-6-5-9-15-7-3-2-4-8-15/h2-4,7-8,16,18H,5-6,9-14H2,1H3. The number of nitrogens with zero attached hydrogens (tertiary/aromatic N) is 1. The van der Waals surface area contributed by atoms with Gasteiger partial charge < -0.3 is 15.0 Å². The summed E-state index contributed by atoms with van der Waals surface area (Å²) in [5.74, 6) is 0.206. The third-order valence-electron chi connectivity index (χ3n) is 3.90. The van der Waals surface area contributed by atoms with Gasteiger partial charge in [0, 0.05) is 32.6 Å². The topological polar surface area (TPSA) is 41.6 Å². The molecule has 2 rings (SSSR count). The number of rotatable bonds is 7. The zero-order valence-corrected chi connectivity index (χ0v) is 12.9. The number of nitrogens with one attached hydrogen (secondary N) is 1. The number of ether oxygens (including phenoxy) is 1. The molecular weight excluding hydrogens is 264 g/mol. The van der Waals surface area contributed by atoms with Crippen LogP contribution in [0.5, 0.6) is 0 Å². The zero-order chi connectivity index (χ0) is 14.9. The van der Waals surface area contributed by atoms with Gasteiger partial charge in [-0.05, 0) is 24.8 Å². The molecule has 0 spiro atoms. The van der Waals surface area contributed by atoms with E-state index in [2.05, 4.69) is 29.6 Å². The summed E-state index contributed by atoms with van der Waals surface area (Å²) in [4.78, 5) is 14.0. The number of hydrogen-bond donors (Lipinski definition) is 1. The Morgan fingerprint density at radius 1 is 1.33 bits per heavy atom. The summed E-state index contributed by atoms with van der Waals surface area (Å²) >= 11 is 0. The van der Waals surface area contributed by atoms with E-state index in [1.807, 2.05) is 18.0 Å². The minimum atomic E-state index is 0.179. The van der Waals surface area contributed by atoms with Crippen molar-refractivity contribution in [3.8, 4) is 0 Å². The Labute approximate surface area is 127 Å². The molecule has 1 aliphatic heterocycles. The van der Waals surface area contributed by atoms with Crippen LogP contribution in [0, 0.1) is 0 Å². The van der Waals surface area contributed by atoms with Gasteiger partial charge in [0.05, 0.1) is 13.2 Å². The summed E-state index contributed by atoms with van der Waals surface area (Å²) in [7, 11) is 1.90. The van der Waals surface area contributed by atoms with Crippen molar-refractivity contribution in [2.45, 2.75) is 31.7 Å². The largest absolute Gasteiger partial charge is 0.378 e. The predicted molar refractivity (Wildman–Crippen MR) is 84.2 cm³/mol. The molecule has 1 heterocycles. The highest BCUT2D eigenvalue weighted by molar-refractivity contribution is 5.76. The van der Waals surface area contributed by atoms with Gasteiger partial charge >= 0.3 is 0 Å². The number of aryl methyl sites for hydroxylation is 1. The first-order valence-electron chi connectivity index (χ1n) is 7.85. The van der Waals surface area contributed by atoms with Gasteiger partial charge in [-0.2, -0.15) is 0 Å². The molecule has 4 heteroatoms. The molecule has 1 fully saturated rings. The highest BCUT2D eigenvalue weighted by Gasteiger charge is 2.18. The Hall–Kier alpha value is -1.39. The Balaban J connectivity index is 1.60. The van der Waals surface area contributed by atoms with E-state index in [-0.39, 0.29) is 11.9 Å². The summed E-state index contributed by atoms with van der Waals surface area (Å²) in [6.45, 7) is 3.07. The van der Waals surface area contributed by atoms with Crippen molar-refractivity contribution in [1.82, 2.24) is 10.2 Å². The third-order valence-corrected chi connectivity index (χ3v) is 3.90. The molecule has 1 N–H and O–H groups in total. The molecule has 1 saturated heterocycles. The van der Waals surface area contributed by atoms with E-state index >= 15 is 0 Å². The van der Waals surface area contributed by atoms with Gasteiger partial charge in [-0.15, -0.1) is 0 Å². The maximum Gasteiger partial charge on any atom is 0.223 e. The highest BCUT2D eigenvalue weighted by atomic mass is 16.5. The summed E-state index contributed by atoms with van der Waals surface area (Å²) in [6, 6.07) is 10.7. The van der Waals surface area contributed by atoms with Crippen LogP contribution in [0.4, 0.5) is 0 Å². The number of hydrogen-bond acceptors (Lipinski definition) is 3. The van der Waals surface area contributed by atoms with E-state index < -0.39 is 0 Å². The number of morpholine rings is 1. The first-order chi connectivity index (χ1) is 10.3. The van der Waals surface area contributed by atoms with Crippen LogP contribution in [-0.2, 0) is 16.0 Å². The lowest BCUT2D eigenvalue weighted by Gasteiger charge is -2.25. The van der Waals surface area contributed by atoms with Gasteiger partial charge in [0.2, 0.25) is 5.91 Å². The summed E-state index contributed by atoms with van der Waals surface area (Å²) in [6.07, 6.45) is 3.79. The van der Waals surface area contributed by atoms with Crippen molar-refractivity contribution in [3.63, 3.8) is 0 Å². The lowest BCUT2D eigenvalue weighted by atomic mass is 10.1. The third kappa shape index (κ3) is 5.86. The van der Waals surface area contributed by atoms with Crippen LogP contribution < -0.4 is 5.32 Å². The number of carbonyl (C=O) groups excluding carboxylic acids is 1. The SMILES string of the molecule is CN(CCCCc1ccccc1)C(=O)CC1COCCN1. The Morgan fingerprint density at radius 3 is 2.86 bits per heavy atom. The van der Waals surface area contributed by atoms with Gasteiger partial charge in [0.15, 0.2) is 0 Å². The van der Waals surface area contributed by atoms with E-state index in [4.69, 9.17) is 4.74 Å². The van der Waals surface area contributed by atoms with Crippen LogP contribution in [0.1, 0.15) is 24.8 Å². The van der Waals surface area contributed by atoms with Gasteiger partial charge in [0.1, 0.15) is 0 Å². The minimum absolute atomic E-state index is 0.179. The molecule has 0 aromatic heterocycles. The molecule has 0 saturated carbocycles. The average Bonchev–Trinajstić information content (AvgIpc) is 2.53. The van der Waals surface area contributed by atoms with E-state index in [1.165, 1.54) is 5.56 Å². The number of unbranched alkanes of at least 4 members (excludes halogenated alkanes) is 1. The first-order valence-corrected chi connectivity index (χ1v) is 7.85. The number of carbonyl (C=O) groups is 1. The van der Waals surface area contributed by atoms with Crippen molar-refractivity contribution in [2.24, 2.45) is 0 Å². The quantitative estimate of drug-likeness (QED) is 0.779. The molecule has 0 radical (unpaired) electrons. The molecule has 21 heavy (non-hydrogen) atoms. The Morgan fingerprint density at radius 2 is 2.14 bits per heavy atom. The molecule has 0 aliphatic carbocycles. The minimum Gasteiger partial charge on any atom is -0.378 e. The number of amides is 1. The molecule has 1 atom stereocenters. The van der Waals surface area contributed by atoms with Crippen LogP contribution in [0.2, 0.25) is 0 Å². The zero-order valence-electron chi connectivity index (χ0n) is 12.9. The van der Waals surface area contributed by atoms with Crippen LogP contribution >= 0.6 is 0 Å². The van der Waals surface area contributed by atoms with Crippen molar-refractivity contribution >= 4 is 5.91 Å². The molecule has 1 aromatic carbocycles. The first kappa shape index (κ1) is 16.0. The molecule has 1 aliphatic rings. The van der Waals surface area contributed by atoms with Crippen LogP contribution in [0.25, 0.3) is 0 Å². The smallest absolute Gasteiger partial charge is 0.223 e. The molecule has 1 unspecified atom stereocenters. The molecular formula is C17H26N2O2. The summed E-state index contributed by atoms with van der Waals surface area (Å²) in [5, 5.41) is 3.32. The molecule has 4 nitrogen and oxygen atoms in total. The normalized spacial score (nSPS) is 18.4. The van der Waals surface area contributed by atoms with Crippen molar-refractivity contribution in [1.29, 1.82) is 0 Å². The van der Waals surface area contributed by atoms with Gasteiger partial charge in [-0.25, -0.2) is 0 Å². The van der Waals surface area contributed by atoms with Gasteiger partial charge in [-0.1, -0.05) is 30.3 Å². The second-order valence-corrected chi connectivity index (χ2v) is 5.69. The molecule has 0 bridgehead atoms. The second kappa shape index (κ2) is 8.80. The van der Waals surface area contributed by atoms with E-state index in [0.29, 0.717) is 13.0 Å². The Bertz CT molecular complexity index is 416. The van der Waals surface area contributed by atoms with Crippen LogP contribution in [-0.4, -0.2) is 50.2 Å². The fraction of sp³-hybridized carbons (Fsp3) is 0.588. The van der Waals surface area contributed by atoms with E-state index in [1.54, 1.807) is 0 Å².